The summed E-state index contributed by atoms with van der Waals surface area (Å²) < 4.78 is 11.0. The number of nitrogens with one attached hydrogen (secondary N) is 2. The lowest BCUT2D eigenvalue weighted by Crippen LogP contribution is -2.36. The Labute approximate surface area is 230 Å². The van der Waals surface area contributed by atoms with E-state index in [1.165, 1.54) is 7.11 Å². The molecule has 0 saturated carbocycles. The average molecular weight is 546 g/mol. The van der Waals surface area contributed by atoms with Crippen molar-refractivity contribution in [2.75, 3.05) is 30.9 Å². The van der Waals surface area contributed by atoms with Crippen molar-refractivity contribution in [2.45, 2.75) is 13.8 Å². The first-order valence-electron chi connectivity index (χ1n) is 12.0. The van der Waals surface area contributed by atoms with Gasteiger partial charge in [0.15, 0.2) is 18.1 Å². The van der Waals surface area contributed by atoms with E-state index in [2.05, 4.69) is 10.6 Å². The van der Waals surface area contributed by atoms with Gasteiger partial charge >= 0.3 is 0 Å². The summed E-state index contributed by atoms with van der Waals surface area (Å²) in [7, 11) is 1.46. The Morgan fingerprint density at radius 2 is 1.67 bits per heavy atom. The number of ether oxygens (including phenoxy) is 2. The number of carbonyl (C=O) groups excluding carboxylic acids is 4. The SMILES string of the molecule is COc1cc(/C=C2/SC(=O)N(CC(=O)Nc3ccccc3C)C2=O)ccc1OCC(=O)Nc1ccc(C)cc1. The van der Waals surface area contributed by atoms with Crippen LogP contribution in [0.25, 0.3) is 6.08 Å². The fraction of sp³-hybridized carbons (Fsp3) is 0.172. The second-order valence-corrected chi connectivity index (χ2v) is 9.74. The molecule has 0 aromatic heterocycles. The number of methoxy groups -OCH3 is 1. The van der Waals surface area contributed by atoms with Crippen LogP contribution in [0.5, 0.6) is 11.5 Å². The number of thioether (sulfide) groups is 1. The highest BCUT2D eigenvalue weighted by atomic mass is 32.2. The van der Waals surface area contributed by atoms with Gasteiger partial charge in [0.25, 0.3) is 17.1 Å². The monoisotopic (exact) mass is 545 g/mol. The number of nitrogens with zero attached hydrogens (tertiary/aromatic N) is 1. The van der Waals surface area contributed by atoms with Gasteiger partial charge in [0.1, 0.15) is 6.54 Å². The number of amides is 4. The van der Waals surface area contributed by atoms with Crippen molar-refractivity contribution < 1.29 is 28.7 Å². The van der Waals surface area contributed by atoms with Crippen molar-refractivity contribution >= 4 is 52.2 Å². The number of anilines is 2. The Morgan fingerprint density at radius 1 is 0.923 bits per heavy atom. The first-order valence-corrected chi connectivity index (χ1v) is 12.8. The Bertz CT molecular complexity index is 1450. The lowest BCUT2D eigenvalue weighted by molar-refractivity contribution is -0.127. The van der Waals surface area contributed by atoms with Crippen LogP contribution in [0.3, 0.4) is 0 Å². The fourth-order valence-electron chi connectivity index (χ4n) is 3.70. The molecule has 1 heterocycles. The second kappa shape index (κ2) is 12.3. The summed E-state index contributed by atoms with van der Waals surface area (Å²) >= 11 is 0.755. The van der Waals surface area contributed by atoms with Crippen LogP contribution in [-0.2, 0) is 14.4 Å². The van der Waals surface area contributed by atoms with Crippen molar-refractivity contribution in [2.24, 2.45) is 0 Å². The van der Waals surface area contributed by atoms with Crippen molar-refractivity contribution in [3.8, 4) is 11.5 Å². The van der Waals surface area contributed by atoms with E-state index >= 15 is 0 Å². The molecule has 1 aliphatic heterocycles. The van der Waals surface area contributed by atoms with Gasteiger partial charge in [-0.15, -0.1) is 0 Å². The van der Waals surface area contributed by atoms with Crippen LogP contribution in [0.1, 0.15) is 16.7 Å². The Morgan fingerprint density at radius 3 is 2.38 bits per heavy atom. The fourth-order valence-corrected chi connectivity index (χ4v) is 4.54. The lowest BCUT2D eigenvalue weighted by Gasteiger charge is -2.13. The molecule has 200 valence electrons. The van der Waals surface area contributed by atoms with Gasteiger partial charge in [-0.3, -0.25) is 24.1 Å². The summed E-state index contributed by atoms with van der Waals surface area (Å²) in [6, 6.07) is 19.6. The zero-order valence-electron chi connectivity index (χ0n) is 21.6. The highest BCUT2D eigenvalue weighted by Crippen LogP contribution is 2.34. The lowest BCUT2D eigenvalue weighted by atomic mass is 10.2. The molecule has 3 aromatic carbocycles. The Kier molecular flexibility index (Phi) is 8.67. The van der Waals surface area contributed by atoms with E-state index < -0.39 is 23.6 Å². The van der Waals surface area contributed by atoms with Gasteiger partial charge in [0, 0.05) is 11.4 Å². The molecular formula is C29H27N3O6S. The smallest absolute Gasteiger partial charge is 0.294 e. The van der Waals surface area contributed by atoms with Gasteiger partial charge in [0.2, 0.25) is 5.91 Å². The van der Waals surface area contributed by atoms with Crippen LogP contribution in [0.4, 0.5) is 16.2 Å². The number of hydrogen-bond acceptors (Lipinski definition) is 7. The van der Waals surface area contributed by atoms with Crippen LogP contribution >= 0.6 is 11.8 Å². The number of carbonyl (C=O) groups is 4. The number of rotatable bonds is 9. The summed E-state index contributed by atoms with van der Waals surface area (Å²) in [6.07, 6.45) is 1.54. The molecule has 1 saturated heterocycles. The number of benzene rings is 3. The van der Waals surface area contributed by atoms with Gasteiger partial charge in [-0.05, 0) is 73.1 Å². The predicted octanol–water partition coefficient (Wildman–Crippen LogP) is 5.00. The molecule has 0 radical (unpaired) electrons. The van der Waals surface area contributed by atoms with E-state index in [0.717, 1.165) is 27.8 Å². The number of imide groups is 1. The molecule has 1 fully saturated rings. The van der Waals surface area contributed by atoms with E-state index in [9.17, 15) is 19.2 Å². The second-order valence-electron chi connectivity index (χ2n) is 8.74. The highest BCUT2D eigenvalue weighted by Gasteiger charge is 2.36. The zero-order chi connectivity index (χ0) is 27.9. The van der Waals surface area contributed by atoms with E-state index in [1.807, 2.05) is 38.1 Å². The highest BCUT2D eigenvalue weighted by molar-refractivity contribution is 8.18. The van der Waals surface area contributed by atoms with Crippen LogP contribution in [0.15, 0.2) is 71.6 Å². The van der Waals surface area contributed by atoms with Crippen molar-refractivity contribution in [3.63, 3.8) is 0 Å². The molecule has 0 unspecified atom stereocenters. The van der Waals surface area contributed by atoms with Crippen LogP contribution in [0, 0.1) is 13.8 Å². The van der Waals surface area contributed by atoms with Crippen LogP contribution in [-0.4, -0.2) is 48.1 Å². The minimum Gasteiger partial charge on any atom is -0.493 e. The quantitative estimate of drug-likeness (QED) is 0.364. The summed E-state index contributed by atoms with van der Waals surface area (Å²) in [5.74, 6) is -0.664. The molecule has 2 N–H and O–H groups in total. The van der Waals surface area contributed by atoms with Gasteiger partial charge in [-0.2, -0.15) is 0 Å². The standard InChI is InChI=1S/C29H27N3O6S/c1-18-8-11-21(12-9-18)30-27(34)17-38-23-13-10-20(14-24(23)37-3)15-25-28(35)32(29(36)39-25)16-26(33)31-22-7-5-4-6-19(22)2/h4-15H,16-17H2,1-3H3,(H,30,34)(H,31,33)/b25-15+. The van der Waals surface area contributed by atoms with E-state index in [1.54, 1.807) is 48.5 Å². The molecule has 1 aliphatic rings. The molecule has 4 rings (SSSR count). The Balaban J connectivity index is 1.38. The largest absolute Gasteiger partial charge is 0.493 e. The van der Waals surface area contributed by atoms with E-state index in [-0.39, 0.29) is 17.4 Å². The normalized spacial score (nSPS) is 13.9. The van der Waals surface area contributed by atoms with Crippen LogP contribution in [0.2, 0.25) is 0 Å². The maximum absolute atomic E-state index is 12.9. The molecule has 39 heavy (non-hydrogen) atoms. The number of hydrogen-bond donors (Lipinski definition) is 2. The van der Waals surface area contributed by atoms with Crippen molar-refractivity contribution in [1.29, 1.82) is 0 Å². The molecule has 9 nitrogen and oxygen atoms in total. The van der Waals surface area contributed by atoms with E-state index in [4.69, 9.17) is 9.47 Å². The molecule has 0 bridgehead atoms. The maximum atomic E-state index is 12.9. The molecule has 4 amide bonds. The molecule has 0 spiro atoms. The third kappa shape index (κ3) is 7.05. The first kappa shape index (κ1) is 27.5. The average Bonchev–Trinajstić information content (AvgIpc) is 3.17. The third-order valence-electron chi connectivity index (χ3n) is 5.77. The van der Waals surface area contributed by atoms with Crippen molar-refractivity contribution in [3.05, 3.63) is 88.3 Å². The van der Waals surface area contributed by atoms with Gasteiger partial charge in [0.05, 0.1) is 12.0 Å². The number of aryl methyl sites for hydroxylation is 2. The van der Waals surface area contributed by atoms with Crippen LogP contribution < -0.4 is 20.1 Å². The maximum Gasteiger partial charge on any atom is 0.294 e. The zero-order valence-corrected chi connectivity index (χ0v) is 22.5. The Hall–Kier alpha value is -4.57. The minimum absolute atomic E-state index is 0.178. The summed E-state index contributed by atoms with van der Waals surface area (Å²) in [4.78, 5) is 51.2. The minimum atomic E-state index is -0.558. The summed E-state index contributed by atoms with van der Waals surface area (Å²) in [5, 5.41) is 4.96. The van der Waals surface area contributed by atoms with Gasteiger partial charge < -0.3 is 20.1 Å². The number of para-hydroxylation sites is 1. The predicted molar refractivity (Wildman–Crippen MR) is 151 cm³/mol. The van der Waals surface area contributed by atoms with Crippen molar-refractivity contribution in [1.82, 2.24) is 4.90 Å². The first-order chi connectivity index (χ1) is 18.7. The van der Waals surface area contributed by atoms with E-state index in [0.29, 0.717) is 28.4 Å². The van der Waals surface area contributed by atoms with Gasteiger partial charge in [-0.1, -0.05) is 42.0 Å². The molecular weight excluding hydrogens is 518 g/mol. The molecule has 3 aromatic rings. The third-order valence-corrected chi connectivity index (χ3v) is 6.68. The van der Waals surface area contributed by atoms with Gasteiger partial charge in [-0.25, -0.2) is 0 Å². The topological polar surface area (TPSA) is 114 Å². The summed E-state index contributed by atoms with van der Waals surface area (Å²) in [6.45, 7) is 3.19. The molecule has 0 atom stereocenters. The molecule has 0 aliphatic carbocycles. The molecule has 10 heteroatoms. The summed E-state index contributed by atoms with van der Waals surface area (Å²) in [5.41, 5.74) is 3.82.